The number of nitrogens with one attached hydrogen (secondary N) is 2. The average molecular weight is 208 g/mol. The minimum absolute atomic E-state index is 0.331. The fraction of sp³-hybridized carbons (Fsp3) is 0.100. The molecule has 0 aliphatic carbocycles. The third-order valence-corrected chi connectivity index (χ3v) is 2.02. The molecule has 1 aromatic heterocycles. The van der Waals surface area contributed by atoms with E-state index in [1.807, 2.05) is 0 Å². The van der Waals surface area contributed by atoms with Crippen LogP contribution in [0.4, 0.5) is 4.39 Å². The summed E-state index contributed by atoms with van der Waals surface area (Å²) >= 11 is 0. The Hall–Kier alpha value is -1.88. The highest BCUT2D eigenvalue weighted by Crippen LogP contribution is 2.16. The van der Waals surface area contributed by atoms with Crippen LogP contribution in [0.1, 0.15) is 10.5 Å². The van der Waals surface area contributed by atoms with Crippen molar-refractivity contribution in [2.24, 2.45) is 0 Å². The number of carbonyl (C=O) groups excluding carboxylic acids is 1. The van der Waals surface area contributed by atoms with Gasteiger partial charge in [-0.3, -0.25) is 9.63 Å². The molecule has 0 aliphatic rings. The first-order chi connectivity index (χ1) is 7.20. The molecule has 5 heteroatoms. The molecule has 0 bridgehead atoms. The number of hydroxylamine groups is 1. The first-order valence-corrected chi connectivity index (χ1v) is 4.32. The summed E-state index contributed by atoms with van der Waals surface area (Å²) in [5, 5.41) is 0.649. The molecule has 0 saturated heterocycles. The Morgan fingerprint density at radius 1 is 1.47 bits per heavy atom. The van der Waals surface area contributed by atoms with E-state index in [0.717, 1.165) is 0 Å². The summed E-state index contributed by atoms with van der Waals surface area (Å²) in [5.74, 6) is -0.727. The standard InChI is InChI=1S/C10H9FN2O2/c1-15-13-10(14)9-5-6-4-7(11)2-3-8(6)12-9/h2-5,12H,1H3,(H,13,14). The molecular weight excluding hydrogens is 199 g/mol. The number of benzene rings is 1. The molecule has 4 nitrogen and oxygen atoms in total. The molecule has 0 saturated carbocycles. The lowest BCUT2D eigenvalue weighted by molar-refractivity contribution is 0.0533. The molecule has 1 heterocycles. The van der Waals surface area contributed by atoms with E-state index in [1.165, 1.54) is 19.2 Å². The molecule has 2 aromatic rings. The number of amides is 1. The molecule has 0 unspecified atom stereocenters. The van der Waals surface area contributed by atoms with Crippen LogP contribution in [0.15, 0.2) is 24.3 Å². The number of carbonyl (C=O) groups is 1. The lowest BCUT2D eigenvalue weighted by Gasteiger charge is -1.97. The summed E-state index contributed by atoms with van der Waals surface area (Å²) < 4.78 is 12.9. The van der Waals surface area contributed by atoms with Gasteiger partial charge in [-0.25, -0.2) is 9.87 Å². The zero-order chi connectivity index (χ0) is 10.8. The minimum atomic E-state index is -0.394. The third-order valence-electron chi connectivity index (χ3n) is 2.02. The van der Waals surface area contributed by atoms with Crippen molar-refractivity contribution in [1.82, 2.24) is 10.5 Å². The van der Waals surface area contributed by atoms with E-state index in [-0.39, 0.29) is 5.82 Å². The van der Waals surface area contributed by atoms with Gasteiger partial charge in [-0.15, -0.1) is 0 Å². The second-order valence-electron chi connectivity index (χ2n) is 3.05. The van der Waals surface area contributed by atoms with Crippen molar-refractivity contribution in [1.29, 1.82) is 0 Å². The highest BCUT2D eigenvalue weighted by atomic mass is 19.1. The van der Waals surface area contributed by atoms with Crippen molar-refractivity contribution in [3.05, 3.63) is 35.8 Å². The summed E-state index contributed by atoms with van der Waals surface area (Å²) in [6.45, 7) is 0. The summed E-state index contributed by atoms with van der Waals surface area (Å²) in [7, 11) is 1.35. The van der Waals surface area contributed by atoms with Gasteiger partial charge in [-0.2, -0.15) is 0 Å². The number of rotatable bonds is 2. The van der Waals surface area contributed by atoms with Crippen molar-refractivity contribution in [3.63, 3.8) is 0 Å². The van der Waals surface area contributed by atoms with Gasteiger partial charge in [-0.05, 0) is 24.3 Å². The fourth-order valence-corrected chi connectivity index (χ4v) is 1.37. The Balaban J connectivity index is 2.42. The minimum Gasteiger partial charge on any atom is -0.350 e. The molecule has 0 radical (unpaired) electrons. The van der Waals surface area contributed by atoms with Crippen molar-refractivity contribution in [2.45, 2.75) is 0 Å². The van der Waals surface area contributed by atoms with Crippen LogP contribution in [-0.4, -0.2) is 18.0 Å². The third kappa shape index (κ3) is 1.82. The Bertz CT molecular complexity index is 507. The van der Waals surface area contributed by atoms with Crippen LogP contribution in [0.5, 0.6) is 0 Å². The monoisotopic (exact) mass is 208 g/mol. The van der Waals surface area contributed by atoms with Gasteiger partial charge < -0.3 is 4.98 Å². The van der Waals surface area contributed by atoms with E-state index in [9.17, 15) is 9.18 Å². The SMILES string of the molecule is CONC(=O)c1cc2cc(F)ccc2[nH]1. The summed E-state index contributed by atoms with van der Waals surface area (Å²) in [6, 6.07) is 5.83. The molecule has 15 heavy (non-hydrogen) atoms. The van der Waals surface area contributed by atoms with Crippen molar-refractivity contribution < 1.29 is 14.0 Å². The zero-order valence-corrected chi connectivity index (χ0v) is 8.00. The lowest BCUT2D eigenvalue weighted by atomic mass is 10.2. The summed E-state index contributed by atoms with van der Waals surface area (Å²) in [4.78, 5) is 18.7. The molecule has 0 aliphatic heterocycles. The molecular formula is C10H9FN2O2. The maximum Gasteiger partial charge on any atom is 0.291 e. The first-order valence-electron chi connectivity index (χ1n) is 4.32. The number of aromatic amines is 1. The van der Waals surface area contributed by atoms with E-state index in [0.29, 0.717) is 16.6 Å². The number of halogens is 1. The molecule has 1 aromatic carbocycles. The number of hydrogen-bond acceptors (Lipinski definition) is 2. The van der Waals surface area contributed by atoms with Gasteiger partial charge in [-0.1, -0.05) is 0 Å². The number of fused-ring (bicyclic) bond motifs is 1. The maximum atomic E-state index is 12.9. The van der Waals surface area contributed by atoms with Gasteiger partial charge >= 0.3 is 0 Å². The van der Waals surface area contributed by atoms with Crippen LogP contribution >= 0.6 is 0 Å². The number of aromatic nitrogens is 1. The molecule has 2 rings (SSSR count). The van der Waals surface area contributed by atoms with Gasteiger partial charge in [0.1, 0.15) is 11.5 Å². The van der Waals surface area contributed by atoms with Gasteiger partial charge in [0.25, 0.3) is 5.91 Å². The van der Waals surface area contributed by atoms with Gasteiger partial charge in [0.2, 0.25) is 0 Å². The van der Waals surface area contributed by atoms with Gasteiger partial charge in [0, 0.05) is 10.9 Å². The highest BCUT2D eigenvalue weighted by molar-refractivity contribution is 5.97. The smallest absolute Gasteiger partial charge is 0.291 e. The Kier molecular flexibility index (Phi) is 2.39. The van der Waals surface area contributed by atoms with Gasteiger partial charge in [0.05, 0.1) is 7.11 Å². The van der Waals surface area contributed by atoms with Crippen LogP contribution in [0.25, 0.3) is 10.9 Å². The highest BCUT2D eigenvalue weighted by Gasteiger charge is 2.08. The largest absolute Gasteiger partial charge is 0.350 e. The molecule has 0 fully saturated rings. The quantitative estimate of drug-likeness (QED) is 0.736. The molecule has 2 N–H and O–H groups in total. The van der Waals surface area contributed by atoms with E-state index in [2.05, 4.69) is 15.3 Å². The summed E-state index contributed by atoms with van der Waals surface area (Å²) in [5.41, 5.74) is 3.21. The van der Waals surface area contributed by atoms with Crippen LogP contribution in [-0.2, 0) is 4.84 Å². The number of hydrogen-bond donors (Lipinski definition) is 2. The molecule has 78 valence electrons. The first kappa shape index (κ1) is 9.67. The van der Waals surface area contributed by atoms with Crippen LogP contribution in [0.2, 0.25) is 0 Å². The Morgan fingerprint density at radius 2 is 2.27 bits per heavy atom. The molecule has 0 spiro atoms. The lowest BCUT2D eigenvalue weighted by Crippen LogP contribution is -2.21. The van der Waals surface area contributed by atoms with E-state index in [1.54, 1.807) is 12.1 Å². The van der Waals surface area contributed by atoms with Crippen molar-refractivity contribution in [3.8, 4) is 0 Å². The van der Waals surface area contributed by atoms with Gasteiger partial charge in [0.15, 0.2) is 0 Å². The number of H-pyrrole nitrogens is 1. The normalized spacial score (nSPS) is 10.5. The average Bonchev–Trinajstić information content (AvgIpc) is 2.60. The topological polar surface area (TPSA) is 54.1 Å². The van der Waals surface area contributed by atoms with E-state index < -0.39 is 5.91 Å². The second-order valence-corrected chi connectivity index (χ2v) is 3.05. The van der Waals surface area contributed by atoms with Crippen LogP contribution in [0.3, 0.4) is 0 Å². The molecule has 0 atom stereocenters. The summed E-state index contributed by atoms with van der Waals surface area (Å²) in [6.07, 6.45) is 0. The van der Waals surface area contributed by atoms with E-state index in [4.69, 9.17) is 0 Å². The second kappa shape index (κ2) is 3.70. The van der Waals surface area contributed by atoms with Crippen LogP contribution < -0.4 is 5.48 Å². The molecule has 1 amide bonds. The fourth-order valence-electron chi connectivity index (χ4n) is 1.37. The predicted molar refractivity (Wildman–Crippen MR) is 52.7 cm³/mol. The zero-order valence-electron chi connectivity index (χ0n) is 8.00. The van der Waals surface area contributed by atoms with Crippen molar-refractivity contribution in [2.75, 3.05) is 7.11 Å². The predicted octanol–water partition coefficient (Wildman–Crippen LogP) is 1.60. The van der Waals surface area contributed by atoms with E-state index >= 15 is 0 Å². The maximum absolute atomic E-state index is 12.9. The van der Waals surface area contributed by atoms with Crippen LogP contribution in [0, 0.1) is 5.82 Å². The van der Waals surface area contributed by atoms with Crippen molar-refractivity contribution >= 4 is 16.8 Å². The Labute approximate surface area is 85.0 Å². The Morgan fingerprint density at radius 3 is 3.00 bits per heavy atom.